The standard InChI is InChI=1S/C17H20N2O3/c20-16-9-5-4-8-15(16)13-19(11-10-18-17(21)22)12-14-6-2-1-3-7-14/h1-9,18,20H,10-13H2,(H,21,22). The van der Waals surface area contributed by atoms with Gasteiger partial charge < -0.3 is 15.5 Å². The van der Waals surface area contributed by atoms with Crippen LogP contribution < -0.4 is 5.32 Å². The van der Waals surface area contributed by atoms with Crippen LogP contribution >= 0.6 is 0 Å². The Kier molecular flexibility index (Phi) is 5.80. The molecule has 0 radical (unpaired) electrons. The first kappa shape index (κ1) is 15.9. The van der Waals surface area contributed by atoms with E-state index < -0.39 is 6.09 Å². The first-order chi connectivity index (χ1) is 10.6. The maximum atomic E-state index is 10.6. The molecule has 1 amide bonds. The van der Waals surface area contributed by atoms with Gasteiger partial charge in [0, 0.05) is 31.7 Å². The smallest absolute Gasteiger partial charge is 0.404 e. The van der Waals surface area contributed by atoms with Gasteiger partial charge in [-0.05, 0) is 11.6 Å². The number of nitrogens with zero attached hydrogens (tertiary/aromatic N) is 1. The van der Waals surface area contributed by atoms with E-state index in [1.165, 1.54) is 0 Å². The van der Waals surface area contributed by atoms with Crippen molar-refractivity contribution in [3.8, 4) is 5.75 Å². The van der Waals surface area contributed by atoms with Gasteiger partial charge >= 0.3 is 6.09 Å². The second-order valence-corrected chi connectivity index (χ2v) is 5.06. The van der Waals surface area contributed by atoms with Crippen LogP contribution in [0.25, 0.3) is 0 Å². The van der Waals surface area contributed by atoms with Crippen molar-refractivity contribution in [2.75, 3.05) is 13.1 Å². The van der Waals surface area contributed by atoms with Crippen molar-refractivity contribution < 1.29 is 15.0 Å². The quantitative estimate of drug-likeness (QED) is 0.735. The predicted octanol–water partition coefficient (Wildman–Crippen LogP) is 2.66. The minimum Gasteiger partial charge on any atom is -0.508 e. The summed E-state index contributed by atoms with van der Waals surface area (Å²) >= 11 is 0. The van der Waals surface area contributed by atoms with Crippen molar-refractivity contribution in [3.63, 3.8) is 0 Å². The first-order valence-corrected chi connectivity index (χ1v) is 7.15. The molecule has 0 saturated heterocycles. The molecule has 2 aromatic rings. The molecule has 0 aliphatic carbocycles. The normalized spacial score (nSPS) is 10.6. The SMILES string of the molecule is O=C(O)NCCN(Cc1ccccc1)Cc1ccccc1O. The largest absolute Gasteiger partial charge is 0.508 e. The van der Waals surface area contributed by atoms with E-state index in [9.17, 15) is 9.90 Å². The molecule has 2 aromatic carbocycles. The van der Waals surface area contributed by atoms with Gasteiger partial charge in [0.2, 0.25) is 0 Å². The summed E-state index contributed by atoms with van der Waals surface area (Å²) in [6, 6.07) is 17.2. The van der Waals surface area contributed by atoms with Crippen LogP contribution in [0.15, 0.2) is 54.6 Å². The molecule has 0 bridgehead atoms. The number of carboxylic acid groups (broad SMARTS) is 1. The van der Waals surface area contributed by atoms with Crippen LogP contribution in [0.2, 0.25) is 0 Å². The number of nitrogens with one attached hydrogen (secondary N) is 1. The van der Waals surface area contributed by atoms with Gasteiger partial charge in [-0.15, -0.1) is 0 Å². The van der Waals surface area contributed by atoms with Crippen molar-refractivity contribution in [2.45, 2.75) is 13.1 Å². The molecule has 22 heavy (non-hydrogen) atoms. The predicted molar refractivity (Wildman–Crippen MR) is 84.7 cm³/mol. The lowest BCUT2D eigenvalue weighted by Gasteiger charge is -2.23. The van der Waals surface area contributed by atoms with E-state index >= 15 is 0 Å². The highest BCUT2D eigenvalue weighted by molar-refractivity contribution is 5.64. The van der Waals surface area contributed by atoms with Crippen molar-refractivity contribution in [3.05, 3.63) is 65.7 Å². The summed E-state index contributed by atoms with van der Waals surface area (Å²) < 4.78 is 0. The van der Waals surface area contributed by atoms with E-state index in [-0.39, 0.29) is 5.75 Å². The molecule has 0 aliphatic heterocycles. The van der Waals surface area contributed by atoms with Crippen LogP contribution in [0.1, 0.15) is 11.1 Å². The lowest BCUT2D eigenvalue weighted by molar-refractivity contribution is 0.189. The third-order valence-corrected chi connectivity index (χ3v) is 3.34. The average Bonchev–Trinajstić information content (AvgIpc) is 2.50. The van der Waals surface area contributed by atoms with Gasteiger partial charge in [0.1, 0.15) is 5.75 Å². The zero-order valence-electron chi connectivity index (χ0n) is 12.3. The number of para-hydroxylation sites is 1. The van der Waals surface area contributed by atoms with Gasteiger partial charge in [-0.25, -0.2) is 4.79 Å². The number of phenols is 1. The van der Waals surface area contributed by atoms with Crippen LogP contribution in [0.5, 0.6) is 5.75 Å². The fourth-order valence-corrected chi connectivity index (χ4v) is 2.26. The number of benzene rings is 2. The number of aromatic hydroxyl groups is 1. The third-order valence-electron chi connectivity index (χ3n) is 3.34. The van der Waals surface area contributed by atoms with Gasteiger partial charge in [-0.1, -0.05) is 48.5 Å². The lowest BCUT2D eigenvalue weighted by Crippen LogP contribution is -2.33. The first-order valence-electron chi connectivity index (χ1n) is 7.15. The van der Waals surface area contributed by atoms with Crippen LogP contribution in [0.4, 0.5) is 4.79 Å². The number of amides is 1. The molecule has 0 spiro atoms. The van der Waals surface area contributed by atoms with E-state index in [4.69, 9.17) is 5.11 Å². The highest BCUT2D eigenvalue weighted by atomic mass is 16.4. The highest BCUT2D eigenvalue weighted by Gasteiger charge is 2.10. The second kappa shape index (κ2) is 8.05. The van der Waals surface area contributed by atoms with Crippen molar-refractivity contribution in [1.82, 2.24) is 10.2 Å². The topological polar surface area (TPSA) is 72.8 Å². The fraction of sp³-hybridized carbons (Fsp3) is 0.235. The molecule has 0 heterocycles. The van der Waals surface area contributed by atoms with E-state index in [1.807, 2.05) is 42.5 Å². The number of hydrogen-bond donors (Lipinski definition) is 3. The monoisotopic (exact) mass is 300 g/mol. The summed E-state index contributed by atoms with van der Waals surface area (Å²) in [5.74, 6) is 0.256. The molecule has 0 atom stereocenters. The van der Waals surface area contributed by atoms with Crippen LogP contribution in [0, 0.1) is 0 Å². The van der Waals surface area contributed by atoms with Gasteiger partial charge in [0.15, 0.2) is 0 Å². The summed E-state index contributed by atoms with van der Waals surface area (Å²) in [6.45, 7) is 2.16. The summed E-state index contributed by atoms with van der Waals surface area (Å²) in [7, 11) is 0. The number of carbonyl (C=O) groups is 1. The molecule has 5 heteroatoms. The molecule has 0 aliphatic rings. The Morgan fingerprint density at radius 1 is 1.00 bits per heavy atom. The van der Waals surface area contributed by atoms with Crippen molar-refractivity contribution >= 4 is 6.09 Å². The maximum Gasteiger partial charge on any atom is 0.404 e. The van der Waals surface area contributed by atoms with E-state index in [0.717, 1.165) is 11.1 Å². The number of phenolic OH excluding ortho intramolecular Hbond substituents is 1. The van der Waals surface area contributed by atoms with Gasteiger partial charge in [0.25, 0.3) is 0 Å². The maximum absolute atomic E-state index is 10.6. The fourth-order valence-electron chi connectivity index (χ4n) is 2.26. The summed E-state index contributed by atoms with van der Waals surface area (Å²) in [5, 5.41) is 21.0. The summed E-state index contributed by atoms with van der Waals surface area (Å²) in [4.78, 5) is 12.7. The van der Waals surface area contributed by atoms with E-state index in [2.05, 4.69) is 10.2 Å². The molecular formula is C17H20N2O3. The van der Waals surface area contributed by atoms with E-state index in [0.29, 0.717) is 26.2 Å². The van der Waals surface area contributed by atoms with Gasteiger partial charge in [-0.3, -0.25) is 4.90 Å². The van der Waals surface area contributed by atoms with Crippen LogP contribution in [-0.4, -0.2) is 34.3 Å². The molecule has 0 aromatic heterocycles. The summed E-state index contributed by atoms with van der Waals surface area (Å²) in [5.41, 5.74) is 1.97. The molecule has 116 valence electrons. The lowest BCUT2D eigenvalue weighted by atomic mass is 10.1. The van der Waals surface area contributed by atoms with Crippen LogP contribution in [0.3, 0.4) is 0 Å². The second-order valence-electron chi connectivity index (χ2n) is 5.06. The Bertz CT molecular complexity index is 602. The number of hydrogen-bond acceptors (Lipinski definition) is 3. The highest BCUT2D eigenvalue weighted by Crippen LogP contribution is 2.18. The Morgan fingerprint density at radius 2 is 1.68 bits per heavy atom. The zero-order valence-corrected chi connectivity index (χ0v) is 12.3. The number of rotatable bonds is 7. The van der Waals surface area contributed by atoms with Gasteiger partial charge in [0.05, 0.1) is 0 Å². The Hall–Kier alpha value is -2.53. The van der Waals surface area contributed by atoms with Crippen molar-refractivity contribution in [2.24, 2.45) is 0 Å². The van der Waals surface area contributed by atoms with Crippen molar-refractivity contribution in [1.29, 1.82) is 0 Å². The minimum atomic E-state index is -1.03. The molecular weight excluding hydrogens is 280 g/mol. The third kappa shape index (κ3) is 5.10. The van der Waals surface area contributed by atoms with Crippen LogP contribution in [-0.2, 0) is 13.1 Å². The molecule has 0 saturated carbocycles. The average molecular weight is 300 g/mol. The van der Waals surface area contributed by atoms with E-state index in [1.54, 1.807) is 12.1 Å². The minimum absolute atomic E-state index is 0.256. The Balaban J connectivity index is 2.03. The molecule has 0 unspecified atom stereocenters. The molecule has 0 fully saturated rings. The van der Waals surface area contributed by atoms with Gasteiger partial charge in [-0.2, -0.15) is 0 Å². The molecule has 3 N–H and O–H groups in total. The summed E-state index contributed by atoms with van der Waals surface area (Å²) in [6.07, 6.45) is -1.03. The molecule has 5 nitrogen and oxygen atoms in total. The molecule has 2 rings (SSSR count). The Labute approximate surface area is 129 Å². The Morgan fingerprint density at radius 3 is 2.36 bits per heavy atom. The zero-order chi connectivity index (χ0) is 15.8.